The van der Waals surface area contributed by atoms with E-state index in [0.717, 1.165) is 24.3 Å². The van der Waals surface area contributed by atoms with Gasteiger partial charge in [-0.1, -0.05) is 0 Å². The molecule has 30 heavy (non-hydrogen) atoms. The van der Waals surface area contributed by atoms with Crippen molar-refractivity contribution in [3.8, 4) is 5.75 Å². The van der Waals surface area contributed by atoms with Gasteiger partial charge in [-0.05, 0) is 49.2 Å². The molecule has 11 heteroatoms. The first kappa shape index (κ1) is 22.1. The van der Waals surface area contributed by atoms with Gasteiger partial charge in [-0.3, -0.25) is 4.79 Å². The maximum Gasteiger partial charge on any atom is 0.266 e. The molecular formula is C19H19F3N2O5S. The van der Waals surface area contributed by atoms with Crippen molar-refractivity contribution < 1.29 is 36.2 Å². The number of benzene rings is 2. The van der Waals surface area contributed by atoms with E-state index in [2.05, 4.69) is 10.0 Å². The monoisotopic (exact) mass is 444 g/mol. The number of hydrogen-bond acceptors (Lipinski definition) is 5. The highest BCUT2D eigenvalue weighted by Crippen LogP contribution is 2.28. The molecular weight excluding hydrogens is 425 g/mol. The first-order chi connectivity index (χ1) is 14.1. The fourth-order valence-corrected chi connectivity index (χ4v) is 4.28. The van der Waals surface area contributed by atoms with Gasteiger partial charge < -0.3 is 15.2 Å². The molecule has 2 aromatic rings. The molecule has 2 aromatic carbocycles. The molecule has 0 bridgehead atoms. The zero-order chi connectivity index (χ0) is 22.1. The molecule has 3 rings (SSSR count). The molecule has 0 unspecified atom stereocenters. The quantitative estimate of drug-likeness (QED) is 0.609. The van der Waals surface area contributed by atoms with Gasteiger partial charge in [0, 0.05) is 11.7 Å². The third kappa shape index (κ3) is 4.74. The van der Waals surface area contributed by atoms with Gasteiger partial charge in [-0.2, -0.15) is 0 Å². The fourth-order valence-electron chi connectivity index (χ4n) is 2.99. The number of amides is 1. The second kappa shape index (κ2) is 8.62. The number of sulfonamides is 1. The topological polar surface area (TPSA) is 105 Å². The number of carbonyl (C=O) groups is 1. The lowest BCUT2D eigenvalue weighted by Crippen LogP contribution is -2.46. The second-order valence-corrected chi connectivity index (χ2v) is 8.51. The van der Waals surface area contributed by atoms with E-state index < -0.39 is 45.9 Å². The van der Waals surface area contributed by atoms with Crippen LogP contribution in [0.3, 0.4) is 0 Å². The van der Waals surface area contributed by atoms with Crippen LogP contribution in [-0.2, 0) is 10.0 Å². The zero-order valence-electron chi connectivity index (χ0n) is 15.7. The van der Waals surface area contributed by atoms with E-state index in [1.54, 1.807) is 0 Å². The summed E-state index contributed by atoms with van der Waals surface area (Å²) in [6.07, 6.45) is -3.04. The summed E-state index contributed by atoms with van der Waals surface area (Å²) in [6, 6.07) is 5.92. The van der Waals surface area contributed by atoms with Crippen LogP contribution < -0.4 is 14.8 Å². The second-order valence-electron chi connectivity index (χ2n) is 6.80. The molecule has 1 aliphatic rings. The third-order valence-corrected chi connectivity index (χ3v) is 6.17. The van der Waals surface area contributed by atoms with Crippen LogP contribution in [0.25, 0.3) is 0 Å². The summed E-state index contributed by atoms with van der Waals surface area (Å²) in [5.41, 5.74) is -1.12. The fraction of sp³-hybridized carbons (Fsp3) is 0.316. The average Bonchev–Trinajstić information content (AvgIpc) is 2.67. The van der Waals surface area contributed by atoms with Crippen molar-refractivity contribution >= 4 is 21.6 Å². The predicted octanol–water partition coefficient (Wildman–Crippen LogP) is 2.83. The maximum atomic E-state index is 13.4. The molecule has 1 saturated carbocycles. The standard InChI is InChI=1S/C19H19F3N2O5S/c1-29-17-5-3-13(30(27,28)24-11-6-12(25)7-11)9-15(17)19(26)23-10-2-4-16(20)14(8-10)18(21)22/h2-5,8-9,11-12,18,24-25H,6-7H2,1H3,(H,23,26)/t11-,12+. The summed E-state index contributed by atoms with van der Waals surface area (Å²) >= 11 is 0. The minimum absolute atomic E-state index is 0.0571. The highest BCUT2D eigenvalue weighted by molar-refractivity contribution is 7.89. The van der Waals surface area contributed by atoms with Gasteiger partial charge in [0.2, 0.25) is 10.0 Å². The van der Waals surface area contributed by atoms with Gasteiger partial charge in [0.15, 0.2) is 0 Å². The van der Waals surface area contributed by atoms with E-state index in [1.807, 2.05) is 0 Å². The van der Waals surface area contributed by atoms with Crippen molar-refractivity contribution in [1.82, 2.24) is 4.72 Å². The Labute approximate surface area is 170 Å². The number of aliphatic hydroxyl groups excluding tert-OH is 1. The van der Waals surface area contributed by atoms with E-state index in [-0.39, 0.29) is 21.9 Å². The van der Waals surface area contributed by atoms with E-state index in [1.165, 1.54) is 19.2 Å². The molecule has 7 nitrogen and oxygen atoms in total. The maximum absolute atomic E-state index is 13.4. The molecule has 0 saturated heterocycles. The highest BCUT2D eigenvalue weighted by Gasteiger charge is 2.32. The number of nitrogens with one attached hydrogen (secondary N) is 2. The van der Waals surface area contributed by atoms with Gasteiger partial charge in [-0.25, -0.2) is 26.3 Å². The lowest BCUT2D eigenvalue weighted by atomic mass is 9.91. The normalized spacial score (nSPS) is 18.7. The number of methoxy groups -OCH3 is 1. The van der Waals surface area contributed by atoms with Crippen LogP contribution in [0.15, 0.2) is 41.3 Å². The minimum atomic E-state index is -3.97. The lowest BCUT2D eigenvalue weighted by Gasteiger charge is -2.31. The summed E-state index contributed by atoms with van der Waals surface area (Å²) in [6.45, 7) is 0. The number of halogens is 3. The van der Waals surface area contributed by atoms with Crippen LogP contribution in [0, 0.1) is 5.82 Å². The Kier molecular flexibility index (Phi) is 6.34. The molecule has 1 aliphatic carbocycles. The third-order valence-electron chi connectivity index (χ3n) is 4.65. The highest BCUT2D eigenvalue weighted by atomic mass is 32.2. The van der Waals surface area contributed by atoms with Crippen LogP contribution >= 0.6 is 0 Å². The van der Waals surface area contributed by atoms with Crippen molar-refractivity contribution in [1.29, 1.82) is 0 Å². The Balaban J connectivity index is 1.86. The van der Waals surface area contributed by atoms with Crippen LogP contribution in [0.1, 0.15) is 35.2 Å². The largest absolute Gasteiger partial charge is 0.496 e. The van der Waals surface area contributed by atoms with Crippen LogP contribution in [-0.4, -0.2) is 38.7 Å². The lowest BCUT2D eigenvalue weighted by molar-refractivity contribution is 0.0712. The molecule has 1 amide bonds. The Bertz CT molecular complexity index is 1060. The molecule has 0 spiro atoms. The van der Waals surface area contributed by atoms with Gasteiger partial charge in [-0.15, -0.1) is 0 Å². The number of aliphatic hydroxyl groups is 1. The van der Waals surface area contributed by atoms with Gasteiger partial charge >= 0.3 is 0 Å². The SMILES string of the molecule is COc1ccc(S(=O)(=O)N[C@H]2C[C@@H](O)C2)cc1C(=O)Nc1ccc(F)c(C(F)F)c1. The number of rotatable bonds is 7. The van der Waals surface area contributed by atoms with E-state index in [4.69, 9.17) is 4.74 Å². The minimum Gasteiger partial charge on any atom is -0.496 e. The predicted molar refractivity (Wildman–Crippen MR) is 102 cm³/mol. The first-order valence-electron chi connectivity index (χ1n) is 8.88. The smallest absolute Gasteiger partial charge is 0.266 e. The van der Waals surface area contributed by atoms with Crippen LogP contribution in [0.4, 0.5) is 18.9 Å². The number of anilines is 1. The summed E-state index contributed by atoms with van der Waals surface area (Å²) in [5, 5.41) is 11.6. The van der Waals surface area contributed by atoms with E-state index in [9.17, 15) is 31.5 Å². The molecule has 162 valence electrons. The summed E-state index contributed by atoms with van der Waals surface area (Å²) in [7, 11) is -2.69. The Hall–Kier alpha value is -2.63. The van der Waals surface area contributed by atoms with E-state index in [0.29, 0.717) is 12.8 Å². The number of alkyl halides is 2. The molecule has 0 atom stereocenters. The Morgan fingerprint density at radius 2 is 1.90 bits per heavy atom. The zero-order valence-corrected chi connectivity index (χ0v) is 16.5. The average molecular weight is 444 g/mol. The van der Waals surface area contributed by atoms with Crippen molar-refractivity contribution in [2.24, 2.45) is 0 Å². The van der Waals surface area contributed by atoms with Crippen molar-refractivity contribution in [3.63, 3.8) is 0 Å². The molecule has 0 radical (unpaired) electrons. The van der Waals surface area contributed by atoms with Gasteiger partial charge in [0.25, 0.3) is 12.3 Å². The van der Waals surface area contributed by atoms with Crippen molar-refractivity contribution in [3.05, 3.63) is 53.3 Å². The molecule has 0 heterocycles. The molecule has 0 aromatic heterocycles. The molecule has 3 N–H and O–H groups in total. The van der Waals surface area contributed by atoms with Crippen molar-refractivity contribution in [2.75, 3.05) is 12.4 Å². The summed E-state index contributed by atoms with van der Waals surface area (Å²) in [4.78, 5) is 12.4. The number of carbonyl (C=O) groups excluding carboxylic acids is 1. The number of hydrogen-bond donors (Lipinski definition) is 3. The Morgan fingerprint density at radius 3 is 2.50 bits per heavy atom. The first-order valence-corrected chi connectivity index (χ1v) is 10.4. The van der Waals surface area contributed by atoms with Gasteiger partial charge in [0.05, 0.1) is 29.2 Å². The number of ether oxygens (including phenoxy) is 1. The van der Waals surface area contributed by atoms with E-state index >= 15 is 0 Å². The summed E-state index contributed by atoms with van der Waals surface area (Å²) < 4.78 is 71.8. The van der Waals surface area contributed by atoms with Crippen molar-refractivity contribution in [2.45, 2.75) is 36.3 Å². The van der Waals surface area contributed by atoms with Gasteiger partial charge in [0.1, 0.15) is 11.6 Å². The molecule has 0 aliphatic heterocycles. The summed E-state index contributed by atoms with van der Waals surface area (Å²) in [5.74, 6) is -1.88. The van der Waals surface area contributed by atoms with Crippen LogP contribution in [0.5, 0.6) is 5.75 Å². The Morgan fingerprint density at radius 1 is 1.20 bits per heavy atom. The van der Waals surface area contributed by atoms with Crippen LogP contribution in [0.2, 0.25) is 0 Å². The molecule has 1 fully saturated rings.